The van der Waals surface area contributed by atoms with Gasteiger partial charge in [0.15, 0.2) is 0 Å². The maximum absolute atomic E-state index is 13.9. The number of rotatable bonds is 12. The molecule has 3 aromatic rings. The summed E-state index contributed by atoms with van der Waals surface area (Å²) in [6.07, 6.45) is 0.742. The van der Waals surface area contributed by atoms with Gasteiger partial charge < -0.3 is 15.0 Å². The molecule has 0 unspecified atom stereocenters. The lowest BCUT2D eigenvalue weighted by Crippen LogP contribution is -2.51. The minimum absolute atomic E-state index is 0.0172. The lowest BCUT2D eigenvalue weighted by Gasteiger charge is -2.32. The van der Waals surface area contributed by atoms with Gasteiger partial charge in [-0.25, -0.2) is 8.42 Å². The molecule has 0 aromatic heterocycles. The molecule has 0 bridgehead atoms. The highest BCUT2D eigenvalue weighted by atomic mass is 35.5. The van der Waals surface area contributed by atoms with Gasteiger partial charge in [0.2, 0.25) is 11.8 Å². The number of aryl methyl sites for hydroxylation is 1. The summed E-state index contributed by atoms with van der Waals surface area (Å²) in [6, 6.07) is 19.1. The monoisotopic (exact) mass is 571 g/mol. The molecule has 1 N–H and O–H groups in total. The Hall–Kier alpha value is -3.56. The van der Waals surface area contributed by atoms with E-state index in [1.165, 1.54) is 36.3 Å². The first-order chi connectivity index (χ1) is 18.6. The van der Waals surface area contributed by atoms with Crippen LogP contribution in [0, 0.1) is 6.92 Å². The molecular weight excluding hydrogens is 538 g/mol. The van der Waals surface area contributed by atoms with Crippen molar-refractivity contribution in [3.8, 4) is 5.75 Å². The van der Waals surface area contributed by atoms with Crippen LogP contribution >= 0.6 is 11.6 Å². The zero-order chi connectivity index (χ0) is 28.6. The first kappa shape index (κ1) is 30.0. The average Bonchev–Trinajstić information content (AvgIpc) is 2.94. The van der Waals surface area contributed by atoms with Crippen molar-refractivity contribution >= 4 is 39.1 Å². The predicted octanol–water partition coefficient (Wildman–Crippen LogP) is 4.80. The highest BCUT2D eigenvalue weighted by molar-refractivity contribution is 7.92. The van der Waals surface area contributed by atoms with Crippen LogP contribution in [0.1, 0.15) is 31.4 Å². The Morgan fingerprint density at radius 3 is 2.28 bits per heavy atom. The van der Waals surface area contributed by atoms with Crippen LogP contribution < -0.4 is 14.4 Å². The summed E-state index contributed by atoms with van der Waals surface area (Å²) in [5, 5.41) is 3.02. The predicted molar refractivity (Wildman–Crippen MR) is 153 cm³/mol. The quantitative estimate of drug-likeness (QED) is 0.337. The molecule has 0 aliphatic carbocycles. The Labute approximate surface area is 235 Å². The normalized spacial score (nSPS) is 11.9. The maximum atomic E-state index is 13.9. The second kappa shape index (κ2) is 13.5. The third-order valence-electron chi connectivity index (χ3n) is 6.22. The fraction of sp³-hybridized carbons (Fsp3) is 0.310. The number of carbonyl (C=O) groups excluding carboxylic acids is 2. The van der Waals surface area contributed by atoms with E-state index in [0.29, 0.717) is 12.3 Å². The molecule has 8 nitrogen and oxygen atoms in total. The second-order valence-corrected chi connectivity index (χ2v) is 11.4. The van der Waals surface area contributed by atoms with Crippen molar-refractivity contribution in [2.45, 2.75) is 44.7 Å². The summed E-state index contributed by atoms with van der Waals surface area (Å²) < 4.78 is 33.8. The molecule has 3 aromatic carbocycles. The van der Waals surface area contributed by atoms with Crippen LogP contribution in [0.15, 0.2) is 77.7 Å². The smallest absolute Gasteiger partial charge is 0.264 e. The van der Waals surface area contributed by atoms with E-state index in [2.05, 4.69) is 5.32 Å². The number of nitrogens with one attached hydrogen (secondary N) is 1. The number of sulfonamides is 1. The molecule has 0 saturated carbocycles. The van der Waals surface area contributed by atoms with Crippen molar-refractivity contribution < 1.29 is 22.7 Å². The fourth-order valence-electron chi connectivity index (χ4n) is 3.93. The SMILES string of the molecule is CCCNC(=O)[C@H](C)N(Cc1ccc(C)cc1)C(=O)CN(c1ccc(OC)c(Cl)c1)S(=O)(=O)c1ccccc1. The molecule has 1 atom stereocenters. The zero-order valence-corrected chi connectivity index (χ0v) is 24.1. The van der Waals surface area contributed by atoms with Crippen LogP contribution in [0.25, 0.3) is 0 Å². The first-order valence-corrected chi connectivity index (χ1v) is 14.4. The summed E-state index contributed by atoms with van der Waals surface area (Å²) in [5.41, 5.74) is 2.06. The molecule has 0 heterocycles. The number of benzene rings is 3. The number of hydrogen-bond donors (Lipinski definition) is 1. The van der Waals surface area contributed by atoms with Gasteiger partial charge in [0.1, 0.15) is 18.3 Å². The van der Waals surface area contributed by atoms with Crippen LogP contribution in [-0.2, 0) is 26.2 Å². The van der Waals surface area contributed by atoms with E-state index in [-0.39, 0.29) is 28.1 Å². The third-order valence-corrected chi connectivity index (χ3v) is 8.31. The van der Waals surface area contributed by atoms with E-state index < -0.39 is 28.5 Å². The molecule has 0 fully saturated rings. The van der Waals surface area contributed by atoms with E-state index in [1.54, 1.807) is 31.2 Å². The van der Waals surface area contributed by atoms with Crippen LogP contribution in [0.2, 0.25) is 5.02 Å². The minimum Gasteiger partial charge on any atom is -0.495 e. The minimum atomic E-state index is -4.17. The van der Waals surface area contributed by atoms with Crippen molar-refractivity contribution in [1.82, 2.24) is 10.2 Å². The number of methoxy groups -OCH3 is 1. The van der Waals surface area contributed by atoms with E-state index in [0.717, 1.165) is 21.9 Å². The molecule has 0 aliphatic heterocycles. The number of ether oxygens (including phenoxy) is 1. The number of nitrogens with zero attached hydrogens (tertiary/aromatic N) is 2. The Bertz CT molecular complexity index is 1380. The maximum Gasteiger partial charge on any atom is 0.264 e. The van der Waals surface area contributed by atoms with Crippen molar-refractivity contribution in [1.29, 1.82) is 0 Å². The Morgan fingerprint density at radius 1 is 1.03 bits per heavy atom. The highest BCUT2D eigenvalue weighted by Crippen LogP contribution is 2.32. The molecular formula is C29H34ClN3O5S. The lowest BCUT2D eigenvalue weighted by atomic mass is 10.1. The molecule has 0 spiro atoms. The van der Waals surface area contributed by atoms with Crippen LogP contribution in [0.5, 0.6) is 5.75 Å². The van der Waals surface area contributed by atoms with E-state index >= 15 is 0 Å². The van der Waals surface area contributed by atoms with E-state index in [1.807, 2.05) is 38.1 Å². The number of amides is 2. The standard InChI is InChI=1S/C29H34ClN3O5S/c1-5-17-31-29(35)22(3)32(19-23-13-11-21(2)12-14-23)28(34)20-33(24-15-16-27(38-4)26(30)18-24)39(36,37)25-9-7-6-8-10-25/h6-16,18,22H,5,17,19-20H2,1-4H3,(H,31,35)/t22-/m0/s1. The molecule has 0 saturated heterocycles. The van der Waals surface area contributed by atoms with Gasteiger partial charge in [-0.3, -0.25) is 13.9 Å². The van der Waals surface area contributed by atoms with Crippen molar-refractivity contribution in [3.05, 3.63) is 88.9 Å². The number of hydrogen-bond acceptors (Lipinski definition) is 5. The van der Waals surface area contributed by atoms with Crippen LogP contribution in [0.4, 0.5) is 5.69 Å². The van der Waals surface area contributed by atoms with Crippen LogP contribution in [-0.4, -0.2) is 51.4 Å². The summed E-state index contributed by atoms with van der Waals surface area (Å²) in [4.78, 5) is 28.2. The highest BCUT2D eigenvalue weighted by Gasteiger charge is 2.32. The first-order valence-electron chi connectivity index (χ1n) is 12.6. The van der Waals surface area contributed by atoms with Gasteiger partial charge >= 0.3 is 0 Å². The average molecular weight is 572 g/mol. The van der Waals surface area contributed by atoms with Gasteiger partial charge in [-0.05, 0) is 56.2 Å². The molecule has 0 aliphatic rings. The third kappa shape index (κ3) is 7.52. The Balaban J connectivity index is 2.03. The topological polar surface area (TPSA) is 96.0 Å². The molecule has 0 radical (unpaired) electrons. The fourth-order valence-corrected chi connectivity index (χ4v) is 5.61. The van der Waals surface area contributed by atoms with Crippen LogP contribution in [0.3, 0.4) is 0 Å². The molecule has 39 heavy (non-hydrogen) atoms. The molecule has 10 heteroatoms. The Morgan fingerprint density at radius 2 is 1.69 bits per heavy atom. The summed E-state index contributed by atoms with van der Waals surface area (Å²) >= 11 is 6.33. The lowest BCUT2D eigenvalue weighted by molar-refractivity contribution is -0.139. The number of anilines is 1. The van der Waals surface area contributed by atoms with Gasteiger partial charge in [0.25, 0.3) is 10.0 Å². The van der Waals surface area contributed by atoms with E-state index in [9.17, 15) is 18.0 Å². The summed E-state index contributed by atoms with van der Waals surface area (Å²) in [5.74, 6) is -0.491. The van der Waals surface area contributed by atoms with Crippen molar-refractivity contribution in [2.24, 2.45) is 0 Å². The summed E-state index contributed by atoms with van der Waals surface area (Å²) in [6.45, 7) is 5.58. The number of carbonyl (C=O) groups is 2. The van der Waals surface area contributed by atoms with Crippen molar-refractivity contribution in [2.75, 3.05) is 24.5 Å². The van der Waals surface area contributed by atoms with Crippen molar-refractivity contribution in [3.63, 3.8) is 0 Å². The Kier molecular flexibility index (Phi) is 10.4. The van der Waals surface area contributed by atoms with E-state index in [4.69, 9.17) is 16.3 Å². The largest absolute Gasteiger partial charge is 0.495 e. The zero-order valence-electron chi connectivity index (χ0n) is 22.6. The van der Waals surface area contributed by atoms with Gasteiger partial charge in [-0.2, -0.15) is 0 Å². The molecule has 208 valence electrons. The van der Waals surface area contributed by atoms with Gasteiger partial charge in [-0.15, -0.1) is 0 Å². The molecule has 3 rings (SSSR count). The number of halogens is 1. The molecule has 2 amide bonds. The van der Waals surface area contributed by atoms with Gasteiger partial charge in [0.05, 0.1) is 22.7 Å². The summed E-state index contributed by atoms with van der Waals surface area (Å²) in [7, 11) is -2.72. The second-order valence-electron chi connectivity index (χ2n) is 9.12. The van der Waals surface area contributed by atoms with Gasteiger partial charge in [-0.1, -0.05) is 66.6 Å². The van der Waals surface area contributed by atoms with Gasteiger partial charge in [0, 0.05) is 13.1 Å².